The van der Waals surface area contributed by atoms with Gasteiger partial charge in [0.15, 0.2) is 0 Å². The lowest BCUT2D eigenvalue weighted by Crippen LogP contribution is -2.29. The highest BCUT2D eigenvalue weighted by Gasteiger charge is 2.02. The summed E-state index contributed by atoms with van der Waals surface area (Å²) in [4.78, 5) is 11.1. The number of nitriles is 1. The number of carbonyl (C=O) groups is 1. The van der Waals surface area contributed by atoms with Crippen LogP contribution in [0.1, 0.15) is 0 Å². The van der Waals surface area contributed by atoms with Crippen LogP contribution in [0.4, 0.5) is 10.1 Å². The molecule has 0 aliphatic heterocycles. The second kappa shape index (κ2) is 6.08. The van der Waals surface area contributed by atoms with E-state index in [-0.39, 0.29) is 19.0 Å². The van der Waals surface area contributed by atoms with E-state index in [2.05, 4.69) is 26.6 Å². The van der Waals surface area contributed by atoms with Gasteiger partial charge in [-0.3, -0.25) is 4.79 Å². The number of amides is 1. The van der Waals surface area contributed by atoms with E-state index >= 15 is 0 Å². The monoisotopic (exact) mass is 285 g/mol. The van der Waals surface area contributed by atoms with Crippen molar-refractivity contribution in [3.8, 4) is 6.07 Å². The molecule has 1 amide bonds. The van der Waals surface area contributed by atoms with Crippen LogP contribution in [-0.4, -0.2) is 19.0 Å². The molecule has 0 saturated heterocycles. The summed E-state index contributed by atoms with van der Waals surface area (Å²) >= 11 is 3.03. The lowest BCUT2D eigenvalue weighted by atomic mass is 10.3. The Morgan fingerprint density at radius 1 is 1.56 bits per heavy atom. The Bertz CT molecular complexity index is 431. The maximum Gasteiger partial charge on any atom is 0.240 e. The summed E-state index contributed by atoms with van der Waals surface area (Å²) in [5.74, 6) is -0.715. The van der Waals surface area contributed by atoms with Gasteiger partial charge in [-0.15, -0.1) is 0 Å². The summed E-state index contributed by atoms with van der Waals surface area (Å²) in [6.07, 6.45) is 0. The molecule has 0 unspecified atom stereocenters. The van der Waals surface area contributed by atoms with Crippen molar-refractivity contribution in [1.82, 2.24) is 5.32 Å². The van der Waals surface area contributed by atoms with Crippen molar-refractivity contribution in [2.24, 2.45) is 0 Å². The minimum atomic E-state index is -0.401. The number of nitrogens with zero attached hydrogens (tertiary/aromatic N) is 1. The zero-order valence-electron chi connectivity index (χ0n) is 8.26. The molecular formula is C10H9BrFN3O. The number of rotatable bonds is 4. The van der Waals surface area contributed by atoms with Crippen LogP contribution < -0.4 is 10.6 Å². The molecule has 16 heavy (non-hydrogen) atoms. The van der Waals surface area contributed by atoms with E-state index in [1.54, 1.807) is 18.2 Å². The number of hydrogen-bond donors (Lipinski definition) is 2. The fourth-order valence-electron chi connectivity index (χ4n) is 0.989. The van der Waals surface area contributed by atoms with Gasteiger partial charge in [0.2, 0.25) is 5.91 Å². The predicted molar refractivity (Wildman–Crippen MR) is 61.2 cm³/mol. The lowest BCUT2D eigenvalue weighted by Gasteiger charge is -2.06. The average Bonchev–Trinajstić information content (AvgIpc) is 2.28. The van der Waals surface area contributed by atoms with Crippen molar-refractivity contribution >= 4 is 27.5 Å². The summed E-state index contributed by atoms with van der Waals surface area (Å²) in [5.41, 5.74) is 0.507. The van der Waals surface area contributed by atoms with E-state index in [9.17, 15) is 9.18 Å². The standard InChI is InChI=1S/C10H9BrFN3O/c11-8-2-1-7(5-9(8)12)15-6-10(16)14-4-3-13/h1-2,5,15H,4,6H2,(H,14,16). The van der Waals surface area contributed by atoms with Gasteiger partial charge in [0.25, 0.3) is 0 Å². The molecule has 0 saturated carbocycles. The van der Waals surface area contributed by atoms with E-state index in [1.165, 1.54) is 6.07 Å². The zero-order chi connectivity index (χ0) is 12.0. The van der Waals surface area contributed by atoms with Gasteiger partial charge in [0.05, 0.1) is 17.1 Å². The lowest BCUT2D eigenvalue weighted by molar-refractivity contribution is -0.119. The largest absolute Gasteiger partial charge is 0.376 e. The molecule has 0 spiro atoms. The van der Waals surface area contributed by atoms with Crippen molar-refractivity contribution in [1.29, 1.82) is 5.26 Å². The third-order valence-corrected chi connectivity index (χ3v) is 2.38. The molecule has 1 aromatic rings. The number of benzene rings is 1. The van der Waals surface area contributed by atoms with Gasteiger partial charge >= 0.3 is 0 Å². The van der Waals surface area contributed by atoms with Gasteiger partial charge in [-0.1, -0.05) is 0 Å². The molecule has 1 rings (SSSR count). The highest BCUT2D eigenvalue weighted by molar-refractivity contribution is 9.10. The Morgan fingerprint density at radius 3 is 2.94 bits per heavy atom. The number of carbonyl (C=O) groups excluding carboxylic acids is 1. The molecule has 0 heterocycles. The van der Waals surface area contributed by atoms with Crippen LogP contribution in [0.5, 0.6) is 0 Å². The van der Waals surface area contributed by atoms with Crippen LogP contribution in [0, 0.1) is 17.1 Å². The highest BCUT2D eigenvalue weighted by Crippen LogP contribution is 2.18. The minimum Gasteiger partial charge on any atom is -0.376 e. The van der Waals surface area contributed by atoms with Crippen LogP contribution >= 0.6 is 15.9 Å². The number of anilines is 1. The summed E-state index contributed by atoms with van der Waals surface area (Å²) in [6, 6.07) is 6.26. The van der Waals surface area contributed by atoms with E-state index in [0.29, 0.717) is 10.2 Å². The predicted octanol–water partition coefficient (Wildman–Crippen LogP) is 1.64. The van der Waals surface area contributed by atoms with E-state index in [4.69, 9.17) is 5.26 Å². The van der Waals surface area contributed by atoms with Crippen LogP contribution in [0.15, 0.2) is 22.7 Å². The van der Waals surface area contributed by atoms with Gasteiger partial charge in [-0.2, -0.15) is 5.26 Å². The molecule has 0 aromatic heterocycles. The first-order valence-electron chi connectivity index (χ1n) is 4.46. The van der Waals surface area contributed by atoms with Crippen LogP contribution in [0.3, 0.4) is 0 Å². The van der Waals surface area contributed by atoms with Crippen molar-refractivity contribution in [2.75, 3.05) is 18.4 Å². The maximum absolute atomic E-state index is 13.1. The molecule has 0 aliphatic carbocycles. The van der Waals surface area contributed by atoms with Crippen LogP contribution in [0.2, 0.25) is 0 Å². The molecule has 0 fully saturated rings. The fourth-order valence-corrected chi connectivity index (χ4v) is 1.24. The second-order valence-electron chi connectivity index (χ2n) is 2.92. The van der Waals surface area contributed by atoms with Crippen LogP contribution in [-0.2, 0) is 4.79 Å². The van der Waals surface area contributed by atoms with Crippen molar-refractivity contribution < 1.29 is 9.18 Å². The summed E-state index contributed by atoms with van der Waals surface area (Å²) in [5, 5.41) is 13.3. The highest BCUT2D eigenvalue weighted by atomic mass is 79.9. The van der Waals surface area contributed by atoms with E-state index in [0.717, 1.165) is 0 Å². The number of nitrogens with one attached hydrogen (secondary N) is 2. The van der Waals surface area contributed by atoms with Crippen LogP contribution in [0.25, 0.3) is 0 Å². The summed E-state index contributed by atoms with van der Waals surface area (Å²) in [6.45, 7) is -0.0298. The van der Waals surface area contributed by atoms with Gasteiger partial charge in [-0.05, 0) is 34.1 Å². The number of halogens is 2. The molecule has 84 valence electrons. The number of hydrogen-bond acceptors (Lipinski definition) is 3. The topological polar surface area (TPSA) is 64.9 Å². The fraction of sp³-hybridized carbons (Fsp3) is 0.200. The first kappa shape index (κ1) is 12.5. The molecular weight excluding hydrogens is 277 g/mol. The molecule has 4 nitrogen and oxygen atoms in total. The molecule has 0 radical (unpaired) electrons. The van der Waals surface area contributed by atoms with Gasteiger partial charge in [0, 0.05) is 5.69 Å². The van der Waals surface area contributed by atoms with E-state index < -0.39 is 5.82 Å². The molecule has 0 atom stereocenters. The Kier molecular flexibility index (Phi) is 4.73. The summed E-state index contributed by atoms with van der Waals surface area (Å²) < 4.78 is 13.4. The quantitative estimate of drug-likeness (QED) is 0.827. The van der Waals surface area contributed by atoms with E-state index in [1.807, 2.05) is 0 Å². The normalized spacial score (nSPS) is 9.31. The van der Waals surface area contributed by atoms with Gasteiger partial charge in [-0.25, -0.2) is 4.39 Å². The Morgan fingerprint density at radius 2 is 2.31 bits per heavy atom. The van der Waals surface area contributed by atoms with Crippen molar-refractivity contribution in [3.63, 3.8) is 0 Å². The Hall–Kier alpha value is -1.61. The summed E-state index contributed by atoms with van der Waals surface area (Å²) in [7, 11) is 0. The van der Waals surface area contributed by atoms with Gasteiger partial charge in [0.1, 0.15) is 12.4 Å². The average molecular weight is 286 g/mol. The minimum absolute atomic E-state index is 0.00273. The zero-order valence-corrected chi connectivity index (χ0v) is 9.84. The molecule has 1 aromatic carbocycles. The van der Waals surface area contributed by atoms with Gasteiger partial charge < -0.3 is 10.6 Å². The Balaban J connectivity index is 2.46. The molecule has 6 heteroatoms. The smallest absolute Gasteiger partial charge is 0.240 e. The SMILES string of the molecule is N#CCNC(=O)CNc1ccc(Br)c(F)c1. The Labute approximate surface area is 101 Å². The first-order chi connectivity index (χ1) is 7.63. The molecule has 0 aliphatic rings. The maximum atomic E-state index is 13.1. The third-order valence-electron chi connectivity index (χ3n) is 1.74. The first-order valence-corrected chi connectivity index (χ1v) is 5.25. The van der Waals surface area contributed by atoms with Crippen molar-refractivity contribution in [2.45, 2.75) is 0 Å². The molecule has 0 bridgehead atoms. The van der Waals surface area contributed by atoms with Crippen molar-refractivity contribution in [3.05, 3.63) is 28.5 Å². The third kappa shape index (κ3) is 3.87. The second-order valence-corrected chi connectivity index (χ2v) is 3.77. The molecule has 2 N–H and O–H groups in total.